The van der Waals surface area contributed by atoms with Crippen LogP contribution < -0.4 is 15.4 Å². The molecule has 11 heteroatoms. The number of halogens is 3. The van der Waals surface area contributed by atoms with Crippen LogP contribution in [0.3, 0.4) is 0 Å². The van der Waals surface area contributed by atoms with Gasteiger partial charge >= 0.3 is 6.18 Å². The van der Waals surface area contributed by atoms with E-state index < -0.39 is 21.8 Å². The monoisotopic (exact) mass is 434 g/mol. The Balaban J connectivity index is 1.90. The molecule has 0 spiro atoms. The van der Waals surface area contributed by atoms with Gasteiger partial charge in [-0.15, -0.1) is 11.3 Å². The smallest absolute Gasteiger partial charge is 0.357 e. The van der Waals surface area contributed by atoms with E-state index in [0.717, 1.165) is 23.5 Å². The maximum Gasteiger partial charge on any atom is 0.416 e. The van der Waals surface area contributed by atoms with Crippen LogP contribution in [0.1, 0.15) is 18.1 Å². The molecule has 0 amide bonds. The van der Waals surface area contributed by atoms with E-state index in [1.165, 1.54) is 12.1 Å². The highest BCUT2D eigenvalue weighted by Crippen LogP contribution is 2.29. The Hall–Kier alpha value is -2.11. The van der Waals surface area contributed by atoms with Crippen molar-refractivity contribution in [2.45, 2.75) is 23.9 Å². The second kappa shape index (κ2) is 9.89. The van der Waals surface area contributed by atoms with Crippen molar-refractivity contribution in [2.75, 3.05) is 19.6 Å². The summed E-state index contributed by atoms with van der Waals surface area (Å²) in [5.74, 6) is 0.384. The Morgan fingerprint density at radius 3 is 2.57 bits per heavy atom. The molecule has 0 radical (unpaired) electrons. The van der Waals surface area contributed by atoms with Crippen LogP contribution >= 0.6 is 11.3 Å². The van der Waals surface area contributed by atoms with Gasteiger partial charge in [0.2, 0.25) is 10.0 Å². The van der Waals surface area contributed by atoms with E-state index in [-0.39, 0.29) is 23.8 Å². The molecule has 1 aromatic carbocycles. The quantitative estimate of drug-likeness (QED) is 0.339. The number of nitrogens with one attached hydrogen (secondary N) is 3. The number of hydrogen-bond acceptors (Lipinski definition) is 4. The van der Waals surface area contributed by atoms with Crippen LogP contribution in [0.25, 0.3) is 0 Å². The molecule has 0 aliphatic heterocycles. The Bertz CT molecular complexity index is 882. The van der Waals surface area contributed by atoms with Crippen LogP contribution in [-0.2, 0) is 22.7 Å². The summed E-state index contributed by atoms with van der Waals surface area (Å²) in [6.07, 6.45) is -4.40. The maximum atomic E-state index is 12.8. The summed E-state index contributed by atoms with van der Waals surface area (Å²) in [6, 6.07) is 8.14. The zero-order valence-electron chi connectivity index (χ0n) is 15.1. The molecule has 2 rings (SSSR count). The molecule has 0 fully saturated rings. The van der Waals surface area contributed by atoms with Crippen molar-refractivity contribution >= 4 is 27.3 Å². The van der Waals surface area contributed by atoms with Gasteiger partial charge in [0.25, 0.3) is 0 Å². The highest BCUT2D eigenvalue weighted by molar-refractivity contribution is 7.91. The summed E-state index contributed by atoms with van der Waals surface area (Å²) in [5, 5.41) is 7.59. The van der Waals surface area contributed by atoms with E-state index in [4.69, 9.17) is 0 Å². The summed E-state index contributed by atoms with van der Waals surface area (Å²) < 4.78 is 65.1. The van der Waals surface area contributed by atoms with Crippen LogP contribution in [-0.4, -0.2) is 34.0 Å². The summed E-state index contributed by atoms with van der Waals surface area (Å²) >= 11 is 1.12. The highest BCUT2D eigenvalue weighted by Gasteiger charge is 2.30. The van der Waals surface area contributed by atoms with Gasteiger partial charge in [0.1, 0.15) is 4.21 Å². The normalized spacial score (nSPS) is 12.8. The number of guanidine groups is 1. The summed E-state index contributed by atoms with van der Waals surface area (Å²) in [6.45, 7) is 2.85. The first-order valence-electron chi connectivity index (χ1n) is 8.44. The van der Waals surface area contributed by atoms with E-state index in [1.807, 2.05) is 6.92 Å². The van der Waals surface area contributed by atoms with Gasteiger partial charge in [0.15, 0.2) is 5.96 Å². The molecule has 1 heterocycles. The standard InChI is InChI=1S/C17H21F3N4O2S2/c1-2-21-16(22-8-9-24-28(25,26)15-7-4-10-27-15)23-12-13-5-3-6-14(11-13)17(18,19)20/h3-7,10-11,24H,2,8-9,12H2,1H3,(H2,21,22,23). The molecule has 0 saturated carbocycles. The van der Waals surface area contributed by atoms with Crippen LogP contribution in [0, 0.1) is 0 Å². The molecule has 3 N–H and O–H groups in total. The lowest BCUT2D eigenvalue weighted by atomic mass is 10.1. The number of benzene rings is 1. The predicted octanol–water partition coefficient (Wildman–Crippen LogP) is 2.80. The number of sulfonamides is 1. The molecule has 0 saturated heterocycles. The van der Waals surface area contributed by atoms with Crippen molar-refractivity contribution < 1.29 is 21.6 Å². The van der Waals surface area contributed by atoms with Crippen molar-refractivity contribution in [3.8, 4) is 0 Å². The number of alkyl halides is 3. The molecule has 1 aromatic heterocycles. The Morgan fingerprint density at radius 1 is 1.14 bits per heavy atom. The van der Waals surface area contributed by atoms with Gasteiger partial charge in [-0.05, 0) is 36.1 Å². The SMILES string of the molecule is CCNC(=NCc1cccc(C(F)(F)F)c1)NCCNS(=O)(=O)c1cccs1. The van der Waals surface area contributed by atoms with Crippen molar-refractivity contribution in [1.29, 1.82) is 0 Å². The fourth-order valence-electron chi connectivity index (χ4n) is 2.21. The molecule has 0 aliphatic rings. The predicted molar refractivity (Wildman–Crippen MR) is 104 cm³/mol. The van der Waals surface area contributed by atoms with Crippen LogP contribution in [0.15, 0.2) is 51.0 Å². The first-order chi connectivity index (χ1) is 13.2. The van der Waals surface area contributed by atoms with Gasteiger partial charge in [0.05, 0.1) is 12.1 Å². The van der Waals surface area contributed by atoms with E-state index in [9.17, 15) is 21.6 Å². The fourth-order valence-corrected chi connectivity index (χ4v) is 4.28. The van der Waals surface area contributed by atoms with Crippen molar-refractivity contribution in [3.05, 3.63) is 52.9 Å². The molecule has 28 heavy (non-hydrogen) atoms. The van der Waals surface area contributed by atoms with Gasteiger partial charge in [0, 0.05) is 19.6 Å². The first-order valence-corrected chi connectivity index (χ1v) is 10.8. The highest BCUT2D eigenvalue weighted by atomic mass is 32.2. The minimum atomic E-state index is -4.40. The summed E-state index contributed by atoms with van der Waals surface area (Å²) in [7, 11) is -3.54. The number of rotatable bonds is 8. The summed E-state index contributed by atoms with van der Waals surface area (Å²) in [5.41, 5.74) is -0.299. The van der Waals surface area contributed by atoms with Gasteiger partial charge in [-0.2, -0.15) is 13.2 Å². The fraction of sp³-hybridized carbons (Fsp3) is 0.353. The van der Waals surface area contributed by atoms with Crippen molar-refractivity contribution in [1.82, 2.24) is 15.4 Å². The molecule has 0 aliphatic carbocycles. The van der Waals surface area contributed by atoms with E-state index >= 15 is 0 Å². The second-order valence-corrected chi connectivity index (χ2v) is 8.59. The third-order valence-corrected chi connectivity index (χ3v) is 6.35. The number of aliphatic imine (C=N–C) groups is 1. The van der Waals surface area contributed by atoms with Gasteiger partial charge in [-0.3, -0.25) is 0 Å². The molecule has 0 bridgehead atoms. The first kappa shape index (κ1) is 22.2. The average Bonchev–Trinajstić information content (AvgIpc) is 3.18. The van der Waals surface area contributed by atoms with Gasteiger partial charge in [-0.25, -0.2) is 18.1 Å². The number of hydrogen-bond donors (Lipinski definition) is 3. The third kappa shape index (κ3) is 6.80. The average molecular weight is 435 g/mol. The van der Waals surface area contributed by atoms with Gasteiger partial charge < -0.3 is 10.6 Å². The topological polar surface area (TPSA) is 82.6 Å². The maximum absolute atomic E-state index is 12.8. The van der Waals surface area contributed by atoms with E-state index in [2.05, 4.69) is 20.3 Å². The lowest BCUT2D eigenvalue weighted by molar-refractivity contribution is -0.137. The Morgan fingerprint density at radius 2 is 1.93 bits per heavy atom. The Kier molecular flexibility index (Phi) is 7.84. The molecule has 2 aromatic rings. The molecule has 0 atom stereocenters. The number of nitrogens with zero attached hydrogens (tertiary/aromatic N) is 1. The van der Waals surface area contributed by atoms with Gasteiger partial charge in [-0.1, -0.05) is 18.2 Å². The van der Waals surface area contributed by atoms with Crippen molar-refractivity contribution in [2.24, 2.45) is 4.99 Å². The molecule has 0 unspecified atom stereocenters. The zero-order chi connectivity index (χ0) is 20.6. The Labute approximate surface area is 165 Å². The molecule has 6 nitrogen and oxygen atoms in total. The zero-order valence-corrected chi connectivity index (χ0v) is 16.7. The number of thiophene rings is 1. The van der Waals surface area contributed by atoms with Crippen molar-refractivity contribution in [3.63, 3.8) is 0 Å². The lowest BCUT2D eigenvalue weighted by Gasteiger charge is -2.12. The van der Waals surface area contributed by atoms with E-state index in [1.54, 1.807) is 17.5 Å². The summed E-state index contributed by atoms with van der Waals surface area (Å²) in [4.78, 5) is 4.24. The van der Waals surface area contributed by atoms with Crippen LogP contribution in [0.5, 0.6) is 0 Å². The molecule has 154 valence electrons. The van der Waals surface area contributed by atoms with Crippen LogP contribution in [0.2, 0.25) is 0 Å². The van der Waals surface area contributed by atoms with E-state index in [0.29, 0.717) is 18.1 Å². The third-order valence-electron chi connectivity index (χ3n) is 3.49. The minimum Gasteiger partial charge on any atom is -0.357 e. The molecular weight excluding hydrogens is 413 g/mol. The molecular formula is C17H21F3N4O2S2. The lowest BCUT2D eigenvalue weighted by Crippen LogP contribution is -2.41. The largest absolute Gasteiger partial charge is 0.416 e. The second-order valence-electron chi connectivity index (χ2n) is 5.65. The minimum absolute atomic E-state index is 0.0557. The van der Waals surface area contributed by atoms with Crippen LogP contribution in [0.4, 0.5) is 13.2 Å².